The van der Waals surface area contributed by atoms with Crippen LogP contribution in [-0.4, -0.2) is 109 Å². The van der Waals surface area contributed by atoms with E-state index >= 15 is 0 Å². The molecule has 62 heavy (non-hydrogen) atoms. The van der Waals surface area contributed by atoms with E-state index in [4.69, 9.17) is 9.47 Å². The number of carbonyl (C=O) groups excluding carboxylic acids is 4. The molecule has 10 aliphatic heterocycles. The van der Waals surface area contributed by atoms with Gasteiger partial charge in [0.15, 0.2) is 0 Å². The van der Waals surface area contributed by atoms with E-state index in [-0.39, 0.29) is 58.8 Å². The van der Waals surface area contributed by atoms with Gasteiger partial charge in [0.25, 0.3) is 0 Å². The molecule has 8 fully saturated rings. The second-order valence-corrected chi connectivity index (χ2v) is 21.0. The first-order chi connectivity index (χ1) is 30.3. The number of nitrogens with one attached hydrogen (secondary N) is 2. The Kier molecular flexibility index (Phi) is 7.84. The highest BCUT2D eigenvalue weighted by Crippen LogP contribution is 2.68. The van der Waals surface area contributed by atoms with Gasteiger partial charge in [-0.25, -0.2) is 0 Å². The molecule has 2 aromatic carbocycles. The number of hydrogen-bond acceptors (Lipinski definition) is 8. The van der Waals surface area contributed by atoms with Crippen molar-refractivity contribution >= 4 is 46.4 Å². The van der Waals surface area contributed by atoms with Crippen LogP contribution in [0.5, 0.6) is 0 Å². The normalized spacial score (nSPS) is 39.4. The number of nitrogens with zero attached hydrogens (tertiary/aromatic N) is 4. The van der Waals surface area contributed by atoms with Crippen molar-refractivity contribution in [1.29, 1.82) is 0 Å². The van der Waals surface area contributed by atoms with Gasteiger partial charge in [-0.05, 0) is 111 Å². The van der Waals surface area contributed by atoms with Crippen LogP contribution < -0.4 is 20.4 Å². The van der Waals surface area contributed by atoms with Crippen molar-refractivity contribution in [1.82, 2.24) is 9.80 Å². The zero-order valence-corrected chi connectivity index (χ0v) is 35.4. The highest BCUT2D eigenvalue weighted by Gasteiger charge is 2.72. The van der Waals surface area contributed by atoms with Crippen LogP contribution in [0.3, 0.4) is 0 Å². The lowest BCUT2D eigenvalue weighted by atomic mass is 9.53. The van der Waals surface area contributed by atoms with Gasteiger partial charge in [-0.2, -0.15) is 0 Å². The number of amides is 4. The lowest BCUT2D eigenvalue weighted by molar-refractivity contribution is -0.133. The second kappa shape index (κ2) is 13.1. The zero-order valence-electron chi connectivity index (χ0n) is 35.4. The molecule has 12 aliphatic rings. The monoisotopic (exact) mass is 836 g/mol. The summed E-state index contributed by atoms with van der Waals surface area (Å²) in [7, 11) is 0. The average Bonchev–Trinajstić information content (AvgIpc) is 3.94. The Morgan fingerprint density at radius 2 is 1.11 bits per heavy atom. The summed E-state index contributed by atoms with van der Waals surface area (Å²) in [5, 5.41) is 6.43. The van der Waals surface area contributed by atoms with Gasteiger partial charge < -0.3 is 29.9 Å². The third kappa shape index (κ3) is 4.77. The molecule has 0 radical (unpaired) electrons. The van der Waals surface area contributed by atoms with Gasteiger partial charge in [0.05, 0.1) is 50.3 Å². The van der Waals surface area contributed by atoms with E-state index in [1.807, 2.05) is 12.1 Å². The van der Waals surface area contributed by atoms with Crippen LogP contribution in [-0.2, 0) is 39.5 Å². The molecule has 2 aromatic rings. The van der Waals surface area contributed by atoms with E-state index in [0.29, 0.717) is 74.7 Å². The maximum atomic E-state index is 13.8. The average molecular weight is 837 g/mol. The van der Waals surface area contributed by atoms with Crippen molar-refractivity contribution in [2.45, 2.75) is 124 Å². The molecule has 2 N–H and O–H groups in total. The van der Waals surface area contributed by atoms with Gasteiger partial charge in [0.1, 0.15) is 0 Å². The number of benzene rings is 2. The number of fused-ring (bicyclic) bond motifs is 4. The second-order valence-electron chi connectivity index (χ2n) is 21.0. The number of ether oxygens (including phenoxy) is 2. The molecule has 2 aliphatic carbocycles. The van der Waals surface area contributed by atoms with Gasteiger partial charge in [0, 0.05) is 83.4 Å². The molecule has 12 nitrogen and oxygen atoms in total. The van der Waals surface area contributed by atoms with Crippen LogP contribution >= 0.6 is 0 Å². The van der Waals surface area contributed by atoms with E-state index in [0.717, 1.165) is 100 Å². The molecule has 0 aromatic heterocycles. The van der Waals surface area contributed by atoms with Crippen molar-refractivity contribution in [2.75, 3.05) is 59.8 Å². The van der Waals surface area contributed by atoms with Crippen molar-refractivity contribution in [2.24, 2.45) is 23.7 Å². The summed E-state index contributed by atoms with van der Waals surface area (Å²) >= 11 is 0. The number of hydrogen-bond donors (Lipinski definition) is 2. The highest BCUT2D eigenvalue weighted by molar-refractivity contribution is 6.01. The molecule has 4 amide bonds. The molecular weight excluding hydrogens is 781 g/mol. The summed E-state index contributed by atoms with van der Waals surface area (Å²) in [6, 6.07) is 13.6. The van der Waals surface area contributed by atoms with Gasteiger partial charge in [0.2, 0.25) is 23.6 Å². The smallest absolute Gasteiger partial charge is 0.229 e. The first-order valence-corrected chi connectivity index (χ1v) is 23.9. The Morgan fingerprint density at radius 1 is 0.645 bits per heavy atom. The summed E-state index contributed by atoms with van der Waals surface area (Å²) in [5.41, 5.74) is 8.97. The zero-order chi connectivity index (χ0) is 41.2. The van der Waals surface area contributed by atoms with Crippen LogP contribution in [0.2, 0.25) is 0 Å². The predicted octanol–water partition coefficient (Wildman–Crippen LogP) is 5.42. The quantitative estimate of drug-likeness (QED) is 0.254. The van der Waals surface area contributed by atoms with E-state index in [9.17, 15) is 19.2 Å². The first-order valence-electron chi connectivity index (χ1n) is 23.9. The first kappa shape index (κ1) is 37.1. The maximum absolute atomic E-state index is 13.8. The Morgan fingerprint density at radius 3 is 1.58 bits per heavy atom. The van der Waals surface area contributed by atoms with Crippen LogP contribution in [0.25, 0.3) is 0 Å². The van der Waals surface area contributed by atoms with E-state index < -0.39 is 0 Å². The van der Waals surface area contributed by atoms with Crippen molar-refractivity contribution < 1.29 is 28.7 Å². The third-order valence-electron chi connectivity index (χ3n) is 18.7. The molecule has 2 saturated carbocycles. The number of unbranched alkanes of at least 4 members (excludes halogenated alkanes) is 3. The summed E-state index contributed by atoms with van der Waals surface area (Å²) in [5.74, 6) is 1.94. The summed E-state index contributed by atoms with van der Waals surface area (Å²) in [6.45, 7) is 5.31. The fraction of sp³-hybridized carbons (Fsp3) is 0.600. The van der Waals surface area contributed by atoms with Crippen LogP contribution in [0.15, 0.2) is 59.7 Å². The molecule has 6 saturated heterocycles. The minimum absolute atomic E-state index is 0.00783. The maximum Gasteiger partial charge on any atom is 0.229 e. The molecular formula is C50H56N6O6. The summed E-state index contributed by atoms with van der Waals surface area (Å²) in [6.07, 6.45) is 13.9. The Balaban J connectivity index is 0.607. The Labute approximate surface area is 362 Å². The number of carbonyl (C=O) groups is 4. The SMILES string of the molecule is O=C(CCCCCCC(=O)Nc1ccc2c(c1)[C@@]13CCN4CC5=CCO[C@H]6CC(=O)N2[C@H]1[C@H]6[C@H]5C[C@H]43)Nc1ccc2c(c1)[C@@]13CCN4CC5=CCO[C@H]6CC(=O)N2[C@H]1[C@H]6[C@H]5C[C@H]43. The number of anilines is 4. The lowest BCUT2D eigenvalue weighted by Gasteiger charge is -2.58. The van der Waals surface area contributed by atoms with Crippen LogP contribution in [0.4, 0.5) is 22.7 Å². The van der Waals surface area contributed by atoms with E-state index in [1.165, 1.54) is 22.3 Å². The predicted molar refractivity (Wildman–Crippen MR) is 232 cm³/mol. The fourth-order valence-corrected chi connectivity index (χ4v) is 16.6. The standard InChI is InChI=1S/C50H56N6O6/c57-41(51-29-7-9-35-33(19-29)49-13-15-53-25-27-11-17-61-37-23-43(59)55(35)47(49)45(37)31(27)21-39(49)53)5-3-1-2-4-6-42(58)52-30-8-10-36-34(20-30)50-14-16-54-26-28-12-18-62-38-24-44(60)56(36)48(50)46(38)32(28)22-40(50)54/h7-12,19-20,31-32,37-40,45-48H,1-6,13-18,21-26H2,(H,51,57)(H,52,58)/t31-,32-,37-,38-,39-,40-,45-,46-,47-,48-,49+,50+/m0/s1. The minimum atomic E-state index is -0.127. The van der Waals surface area contributed by atoms with Gasteiger partial charge in [-0.3, -0.25) is 29.0 Å². The fourth-order valence-electron chi connectivity index (χ4n) is 16.6. The molecule has 0 unspecified atom stereocenters. The summed E-state index contributed by atoms with van der Waals surface area (Å²) < 4.78 is 12.8. The highest BCUT2D eigenvalue weighted by atomic mass is 16.5. The molecule has 2 spiro atoms. The van der Waals surface area contributed by atoms with E-state index in [1.54, 1.807) is 0 Å². The molecule has 14 rings (SSSR count). The minimum Gasteiger partial charge on any atom is -0.373 e. The largest absolute Gasteiger partial charge is 0.373 e. The van der Waals surface area contributed by atoms with Gasteiger partial charge >= 0.3 is 0 Å². The lowest BCUT2D eigenvalue weighted by Crippen LogP contribution is -2.69. The molecule has 12 atom stereocenters. The van der Waals surface area contributed by atoms with Gasteiger partial charge in [-0.15, -0.1) is 0 Å². The number of piperidine rings is 4. The number of rotatable bonds is 9. The van der Waals surface area contributed by atoms with Crippen molar-refractivity contribution in [3.8, 4) is 0 Å². The molecule has 12 heteroatoms. The van der Waals surface area contributed by atoms with Crippen molar-refractivity contribution in [3.63, 3.8) is 0 Å². The molecule has 322 valence electrons. The third-order valence-corrected chi connectivity index (χ3v) is 18.7. The Bertz CT molecular complexity index is 2270. The van der Waals surface area contributed by atoms with Crippen LogP contribution in [0, 0.1) is 23.7 Å². The van der Waals surface area contributed by atoms with E-state index in [2.05, 4.69) is 66.7 Å². The Hall–Kier alpha value is -4.36. The summed E-state index contributed by atoms with van der Waals surface area (Å²) in [4.78, 5) is 63.9. The van der Waals surface area contributed by atoms with Crippen molar-refractivity contribution in [3.05, 3.63) is 70.8 Å². The van der Waals surface area contributed by atoms with Crippen LogP contribution in [0.1, 0.15) is 88.2 Å². The van der Waals surface area contributed by atoms with Gasteiger partial charge in [-0.1, -0.05) is 36.1 Å². The topological polar surface area (TPSA) is 124 Å². The molecule has 10 heterocycles. The molecule has 4 bridgehead atoms.